The predicted molar refractivity (Wildman–Crippen MR) is 73.5 cm³/mol. The van der Waals surface area contributed by atoms with E-state index in [4.69, 9.17) is 17.3 Å². The highest BCUT2D eigenvalue weighted by molar-refractivity contribution is 6.31. The Bertz CT molecular complexity index is 733. The van der Waals surface area contributed by atoms with Crippen LogP contribution in [0.1, 0.15) is 5.56 Å². The Hall–Kier alpha value is -2.07. The summed E-state index contributed by atoms with van der Waals surface area (Å²) in [5.41, 5.74) is 10.0. The summed E-state index contributed by atoms with van der Waals surface area (Å²) >= 11 is 5.98. The molecule has 0 aliphatic carbocycles. The van der Waals surface area contributed by atoms with Crippen molar-refractivity contribution in [3.05, 3.63) is 41.0 Å². The van der Waals surface area contributed by atoms with Gasteiger partial charge in [0.05, 0.1) is 5.52 Å². The number of nitrogens with zero attached hydrogens (tertiary/aromatic N) is 2. The third-order valence-electron chi connectivity index (χ3n) is 2.74. The summed E-state index contributed by atoms with van der Waals surface area (Å²) in [4.78, 5) is 11.9. The Balaban J connectivity index is 2.22. The second-order valence-corrected chi connectivity index (χ2v) is 4.64. The summed E-state index contributed by atoms with van der Waals surface area (Å²) in [5.74, 6) is 0.683. The fourth-order valence-corrected chi connectivity index (χ4v) is 2.04. The van der Waals surface area contributed by atoms with E-state index in [1.54, 1.807) is 24.4 Å². The molecule has 0 saturated carbocycles. The summed E-state index contributed by atoms with van der Waals surface area (Å²) in [6.07, 6.45) is 1.79. The molecule has 0 bridgehead atoms. The van der Waals surface area contributed by atoms with Crippen molar-refractivity contribution in [2.45, 2.75) is 6.92 Å². The van der Waals surface area contributed by atoms with E-state index in [1.165, 1.54) is 0 Å². The fraction of sp³-hybridized carbons (Fsp3) is 0.0769. The summed E-state index contributed by atoms with van der Waals surface area (Å²) < 4.78 is 0. The Labute approximate surface area is 109 Å². The third-order valence-corrected chi connectivity index (χ3v) is 2.98. The lowest BCUT2D eigenvalue weighted by Crippen LogP contribution is -1.90. The van der Waals surface area contributed by atoms with Crippen molar-refractivity contribution in [1.82, 2.24) is 15.0 Å². The molecule has 0 aliphatic heterocycles. The van der Waals surface area contributed by atoms with Gasteiger partial charge < -0.3 is 10.7 Å². The molecule has 0 spiro atoms. The van der Waals surface area contributed by atoms with E-state index < -0.39 is 0 Å². The van der Waals surface area contributed by atoms with Gasteiger partial charge in [-0.05, 0) is 36.8 Å². The standard InChI is InChI=1S/C13H11ClN4/c1-7-4-11-13(16-6-7)18-12(17-11)9-5-8(14)2-3-10(9)15/h2-6H,15H2,1H3,(H,16,17,18). The van der Waals surface area contributed by atoms with Gasteiger partial charge in [0.15, 0.2) is 5.65 Å². The molecule has 3 N–H and O–H groups in total. The number of pyridine rings is 1. The van der Waals surface area contributed by atoms with Crippen LogP contribution in [0.15, 0.2) is 30.5 Å². The largest absolute Gasteiger partial charge is 0.398 e. The summed E-state index contributed by atoms with van der Waals surface area (Å²) in [5, 5.41) is 0.629. The van der Waals surface area contributed by atoms with Crippen LogP contribution < -0.4 is 5.73 Å². The maximum Gasteiger partial charge on any atom is 0.178 e. The number of fused-ring (bicyclic) bond motifs is 1. The predicted octanol–water partition coefficient (Wildman–Crippen LogP) is 3.17. The fourth-order valence-electron chi connectivity index (χ4n) is 1.87. The Kier molecular flexibility index (Phi) is 2.45. The molecular formula is C13H11ClN4. The van der Waals surface area contributed by atoms with Gasteiger partial charge in [-0.25, -0.2) is 9.97 Å². The average Bonchev–Trinajstić information content (AvgIpc) is 2.74. The Morgan fingerprint density at radius 2 is 2.11 bits per heavy atom. The van der Waals surface area contributed by atoms with Gasteiger partial charge in [0.25, 0.3) is 0 Å². The highest BCUT2D eigenvalue weighted by Gasteiger charge is 2.09. The number of nitrogens with two attached hydrogens (primary N) is 1. The van der Waals surface area contributed by atoms with Crippen molar-refractivity contribution in [3.8, 4) is 11.4 Å². The Morgan fingerprint density at radius 3 is 2.94 bits per heavy atom. The van der Waals surface area contributed by atoms with Crippen LogP contribution in [-0.2, 0) is 0 Å². The smallest absolute Gasteiger partial charge is 0.178 e. The van der Waals surface area contributed by atoms with E-state index >= 15 is 0 Å². The van der Waals surface area contributed by atoms with Gasteiger partial charge in [0.2, 0.25) is 0 Å². The normalized spacial score (nSPS) is 11.0. The minimum Gasteiger partial charge on any atom is -0.398 e. The minimum absolute atomic E-state index is 0.629. The quantitative estimate of drug-likeness (QED) is 0.659. The lowest BCUT2D eigenvalue weighted by molar-refractivity contribution is 1.28. The van der Waals surface area contributed by atoms with Crippen LogP contribution >= 0.6 is 11.6 Å². The van der Waals surface area contributed by atoms with Gasteiger partial charge in [-0.2, -0.15) is 0 Å². The van der Waals surface area contributed by atoms with E-state index in [-0.39, 0.29) is 0 Å². The highest BCUT2D eigenvalue weighted by atomic mass is 35.5. The molecule has 0 aliphatic rings. The van der Waals surface area contributed by atoms with Crippen LogP contribution in [-0.4, -0.2) is 15.0 Å². The molecule has 0 saturated heterocycles. The first-order valence-corrected chi connectivity index (χ1v) is 5.89. The van der Waals surface area contributed by atoms with Crippen molar-refractivity contribution in [3.63, 3.8) is 0 Å². The minimum atomic E-state index is 0.629. The zero-order valence-electron chi connectivity index (χ0n) is 9.74. The van der Waals surface area contributed by atoms with Gasteiger partial charge in [-0.3, -0.25) is 0 Å². The van der Waals surface area contributed by atoms with Crippen molar-refractivity contribution < 1.29 is 0 Å². The molecule has 1 aromatic carbocycles. The number of H-pyrrole nitrogens is 1. The van der Waals surface area contributed by atoms with Crippen LogP contribution in [0, 0.1) is 6.92 Å². The van der Waals surface area contributed by atoms with E-state index in [2.05, 4.69) is 15.0 Å². The molecule has 0 unspecified atom stereocenters. The number of nitrogen functional groups attached to an aromatic ring is 1. The number of benzene rings is 1. The number of hydrogen-bond acceptors (Lipinski definition) is 3. The summed E-state index contributed by atoms with van der Waals surface area (Å²) in [6.45, 7) is 1.99. The molecule has 4 nitrogen and oxygen atoms in total. The Morgan fingerprint density at radius 1 is 1.28 bits per heavy atom. The van der Waals surface area contributed by atoms with Crippen LogP contribution in [0.3, 0.4) is 0 Å². The van der Waals surface area contributed by atoms with Crippen molar-refractivity contribution in [2.24, 2.45) is 0 Å². The number of aryl methyl sites for hydroxylation is 1. The second kappa shape index (κ2) is 3.99. The SMILES string of the molecule is Cc1cnc2nc(-c3cc(Cl)ccc3N)[nH]c2c1. The first-order chi connectivity index (χ1) is 8.63. The van der Waals surface area contributed by atoms with Crippen LogP contribution in [0.2, 0.25) is 5.02 Å². The van der Waals surface area contributed by atoms with Crippen molar-refractivity contribution >= 4 is 28.5 Å². The number of nitrogens with one attached hydrogen (secondary N) is 1. The number of aromatic amines is 1. The van der Waals surface area contributed by atoms with Gasteiger partial charge in [-0.1, -0.05) is 11.6 Å². The maximum atomic E-state index is 5.98. The van der Waals surface area contributed by atoms with Crippen LogP contribution in [0.5, 0.6) is 0 Å². The topological polar surface area (TPSA) is 67.6 Å². The van der Waals surface area contributed by atoms with Gasteiger partial charge in [-0.15, -0.1) is 0 Å². The summed E-state index contributed by atoms with van der Waals surface area (Å²) in [6, 6.07) is 7.32. The zero-order chi connectivity index (χ0) is 12.7. The molecule has 90 valence electrons. The number of hydrogen-bond donors (Lipinski definition) is 2. The molecule has 0 radical (unpaired) electrons. The van der Waals surface area contributed by atoms with Crippen LogP contribution in [0.4, 0.5) is 5.69 Å². The number of aromatic nitrogens is 3. The van der Waals surface area contributed by atoms with Crippen LogP contribution in [0.25, 0.3) is 22.6 Å². The number of rotatable bonds is 1. The van der Waals surface area contributed by atoms with Crippen molar-refractivity contribution in [2.75, 3.05) is 5.73 Å². The zero-order valence-corrected chi connectivity index (χ0v) is 10.5. The molecule has 3 rings (SSSR count). The molecular weight excluding hydrogens is 248 g/mol. The lowest BCUT2D eigenvalue weighted by Gasteiger charge is -2.02. The van der Waals surface area contributed by atoms with Gasteiger partial charge in [0, 0.05) is 22.5 Å². The van der Waals surface area contributed by atoms with Gasteiger partial charge >= 0.3 is 0 Å². The third kappa shape index (κ3) is 1.80. The average molecular weight is 259 g/mol. The lowest BCUT2D eigenvalue weighted by atomic mass is 10.2. The van der Waals surface area contributed by atoms with Gasteiger partial charge in [0.1, 0.15) is 5.82 Å². The summed E-state index contributed by atoms with van der Waals surface area (Å²) in [7, 11) is 0. The first kappa shape index (κ1) is 11.0. The molecule has 5 heteroatoms. The molecule has 18 heavy (non-hydrogen) atoms. The van der Waals surface area contributed by atoms with Crippen molar-refractivity contribution in [1.29, 1.82) is 0 Å². The first-order valence-electron chi connectivity index (χ1n) is 5.51. The molecule has 0 atom stereocenters. The maximum absolute atomic E-state index is 5.98. The molecule has 0 fully saturated rings. The number of anilines is 1. The number of halogens is 1. The molecule has 3 aromatic rings. The van der Waals surface area contributed by atoms with E-state index in [9.17, 15) is 0 Å². The number of imidazole rings is 1. The monoisotopic (exact) mass is 258 g/mol. The second-order valence-electron chi connectivity index (χ2n) is 4.20. The molecule has 0 amide bonds. The van der Waals surface area contributed by atoms with E-state index in [0.29, 0.717) is 22.2 Å². The molecule has 2 aromatic heterocycles. The van der Waals surface area contributed by atoms with E-state index in [0.717, 1.165) is 16.6 Å². The van der Waals surface area contributed by atoms with E-state index in [1.807, 2.05) is 13.0 Å². The molecule has 2 heterocycles. The highest BCUT2D eigenvalue weighted by Crippen LogP contribution is 2.28.